The van der Waals surface area contributed by atoms with Crippen LogP contribution in [0.4, 0.5) is 0 Å². The van der Waals surface area contributed by atoms with Crippen LogP contribution in [0.3, 0.4) is 0 Å². The van der Waals surface area contributed by atoms with Crippen LogP contribution in [0.15, 0.2) is 0 Å². The van der Waals surface area contributed by atoms with Crippen molar-refractivity contribution in [1.29, 1.82) is 0 Å². The zero-order valence-electron chi connectivity index (χ0n) is 1.76. The van der Waals surface area contributed by atoms with Crippen molar-refractivity contribution in [3.05, 3.63) is 0 Å². The predicted octanol–water partition coefficient (Wildman–Crippen LogP) is 1.77. The van der Waals surface area contributed by atoms with E-state index in [2.05, 4.69) is 35.3 Å². The molecule has 0 atom stereocenters. The van der Waals surface area contributed by atoms with Gasteiger partial charge in [0.1, 0.15) is 0 Å². The molecule has 1 radical (unpaired) electrons. The Balaban J connectivity index is 0. The molecule has 0 saturated heterocycles. The van der Waals surface area contributed by atoms with Crippen molar-refractivity contribution in [2.75, 3.05) is 0 Å². The third-order valence-corrected chi connectivity index (χ3v) is 0. The zero-order chi connectivity index (χ0) is 2.71. The average Bonchev–Trinajstić information content (AvgIpc) is 0.918. The van der Waals surface area contributed by atoms with Crippen molar-refractivity contribution >= 4 is 35.3 Å². The summed E-state index contributed by atoms with van der Waals surface area (Å²) in [6.45, 7) is 0. The van der Waals surface area contributed by atoms with Crippen LogP contribution in [0, 0.1) is 0 Å². The summed E-state index contributed by atoms with van der Waals surface area (Å²) in [5, 5.41) is 0. The van der Waals surface area contributed by atoms with E-state index in [1.165, 1.54) is 0 Å². The minimum atomic E-state index is -0.143. The summed E-state index contributed by atoms with van der Waals surface area (Å²) < 4.78 is 0. The average molecular weight is 562 g/mol. The quantitative estimate of drug-likeness (QED) is 0.312. The molecular formula is AgHgI2. The Kier molecular flexibility index (Phi) is 24.1. The van der Waals surface area contributed by atoms with E-state index in [9.17, 15) is 0 Å². The Hall–Kier alpha value is 3.14. The Morgan fingerprint density at radius 1 is 1.25 bits per heavy atom. The second kappa shape index (κ2) is 9.46. The van der Waals surface area contributed by atoms with Crippen LogP contribution in [0.5, 0.6) is 0 Å². The van der Waals surface area contributed by atoms with Gasteiger partial charge >= 0.3 is 51.2 Å². The van der Waals surface area contributed by atoms with Crippen molar-refractivity contribution in [3.8, 4) is 0 Å². The van der Waals surface area contributed by atoms with Gasteiger partial charge in [-0.15, -0.1) is 0 Å². The molecular weight excluding hydrogens is 562 g/mol. The molecule has 4 heteroatoms. The standard InChI is InChI=1S/Ag.Hg.2HI/h;;2*1H/q;+2;;/p-2. The fourth-order valence-corrected chi connectivity index (χ4v) is 0. The van der Waals surface area contributed by atoms with E-state index in [1.807, 2.05) is 0 Å². The summed E-state index contributed by atoms with van der Waals surface area (Å²) >= 11 is 4.85. The van der Waals surface area contributed by atoms with Crippen molar-refractivity contribution in [3.63, 3.8) is 0 Å². The van der Waals surface area contributed by atoms with Gasteiger partial charge in [-0.1, -0.05) is 0 Å². The zero-order valence-corrected chi connectivity index (χ0v) is 13.1. The Labute approximate surface area is 71.5 Å². The molecule has 0 heterocycles. The maximum absolute atomic E-state index is 2.50. The van der Waals surface area contributed by atoms with Gasteiger partial charge in [-0.05, 0) is 0 Å². The van der Waals surface area contributed by atoms with Gasteiger partial charge < -0.3 is 0 Å². The Morgan fingerprint density at radius 2 is 1.25 bits per heavy atom. The first-order valence-corrected chi connectivity index (χ1v) is 31.5. The van der Waals surface area contributed by atoms with Crippen LogP contribution in [0.2, 0.25) is 0 Å². The van der Waals surface area contributed by atoms with E-state index in [-0.39, 0.29) is 38.3 Å². The first-order valence-electron chi connectivity index (χ1n) is 0.535. The number of halogens is 2. The van der Waals surface area contributed by atoms with Crippen molar-refractivity contribution in [1.82, 2.24) is 0 Å². The van der Waals surface area contributed by atoms with Crippen LogP contribution in [-0.2, 0) is 38.3 Å². The summed E-state index contributed by atoms with van der Waals surface area (Å²) in [5.41, 5.74) is 0. The molecule has 0 rings (SSSR count). The molecule has 0 bridgehead atoms. The van der Waals surface area contributed by atoms with Gasteiger partial charge in [0.05, 0.1) is 0 Å². The first kappa shape index (κ1) is 10.2. The summed E-state index contributed by atoms with van der Waals surface area (Å²) in [6.07, 6.45) is 0. The molecule has 4 heavy (non-hydrogen) atoms. The van der Waals surface area contributed by atoms with Crippen LogP contribution in [0.1, 0.15) is 0 Å². The second-order valence-electron chi connectivity index (χ2n) is 0.101. The third kappa shape index (κ3) is 8.93. The fraction of sp³-hybridized carbons (Fsp3) is 0. The summed E-state index contributed by atoms with van der Waals surface area (Å²) in [5.74, 6) is 0. The molecule has 0 amide bonds. The SMILES string of the molecule is [Ag].[I][Hg][I]. The van der Waals surface area contributed by atoms with Gasteiger partial charge in [0, 0.05) is 22.4 Å². The molecule has 0 N–H and O–H groups in total. The number of hydrogen-bond donors (Lipinski definition) is 0. The Bertz CT molecular complexity index is 6.00. The van der Waals surface area contributed by atoms with Gasteiger partial charge in [0.15, 0.2) is 0 Å². The summed E-state index contributed by atoms with van der Waals surface area (Å²) in [4.78, 5) is 0. The van der Waals surface area contributed by atoms with E-state index in [1.54, 1.807) is 0 Å². The molecule has 0 aromatic rings. The van der Waals surface area contributed by atoms with Crippen LogP contribution < -0.4 is 0 Å². The van der Waals surface area contributed by atoms with Gasteiger partial charge in [-0.2, -0.15) is 0 Å². The molecule has 0 aromatic heterocycles. The van der Waals surface area contributed by atoms with Crippen LogP contribution in [-0.4, -0.2) is 0 Å². The molecule has 0 aliphatic rings. The Morgan fingerprint density at radius 3 is 1.25 bits per heavy atom. The van der Waals surface area contributed by atoms with E-state index >= 15 is 0 Å². The normalized spacial score (nSPS) is 2.50. The van der Waals surface area contributed by atoms with Gasteiger partial charge in [-0.3, -0.25) is 0 Å². The molecule has 0 fully saturated rings. The molecule has 0 aliphatic carbocycles. The topological polar surface area (TPSA) is 0 Å². The third-order valence-electron chi connectivity index (χ3n) is 0. The van der Waals surface area contributed by atoms with E-state index in [0.717, 1.165) is 0 Å². The molecule has 0 saturated carbocycles. The van der Waals surface area contributed by atoms with Gasteiger partial charge in [0.25, 0.3) is 0 Å². The van der Waals surface area contributed by atoms with E-state index < -0.39 is 0 Å². The van der Waals surface area contributed by atoms with Crippen LogP contribution in [0.25, 0.3) is 0 Å². The fourth-order valence-electron chi connectivity index (χ4n) is 0. The molecule has 0 spiro atoms. The molecule has 0 nitrogen and oxygen atoms in total. The summed E-state index contributed by atoms with van der Waals surface area (Å²) in [6, 6.07) is 0. The molecule has 0 aromatic carbocycles. The van der Waals surface area contributed by atoms with Crippen molar-refractivity contribution in [2.45, 2.75) is 0 Å². The number of rotatable bonds is 0. The molecule has 0 unspecified atom stereocenters. The van der Waals surface area contributed by atoms with Crippen molar-refractivity contribution < 1.29 is 38.3 Å². The monoisotopic (exact) mass is 563 g/mol. The minimum absolute atomic E-state index is 0. The number of hydrogen-bond acceptors (Lipinski definition) is 0. The van der Waals surface area contributed by atoms with Gasteiger partial charge in [0.2, 0.25) is 0 Å². The van der Waals surface area contributed by atoms with E-state index in [4.69, 9.17) is 0 Å². The van der Waals surface area contributed by atoms with E-state index in [0.29, 0.717) is 0 Å². The van der Waals surface area contributed by atoms with Crippen LogP contribution >= 0.6 is 35.3 Å². The molecule has 0 aliphatic heterocycles. The van der Waals surface area contributed by atoms with Crippen molar-refractivity contribution in [2.24, 2.45) is 0 Å². The van der Waals surface area contributed by atoms with Gasteiger partial charge in [-0.25, -0.2) is 0 Å². The predicted molar refractivity (Wildman–Crippen MR) is 28.0 cm³/mol. The second-order valence-corrected chi connectivity index (χ2v) is 39.9. The summed E-state index contributed by atoms with van der Waals surface area (Å²) in [7, 11) is 0. The molecule has 27 valence electrons. The first-order chi connectivity index (χ1) is 1.41. The maximum atomic E-state index is 2.50.